The van der Waals surface area contributed by atoms with Gasteiger partial charge < -0.3 is 30.7 Å². The predicted octanol–water partition coefficient (Wildman–Crippen LogP) is -2.96. The Balaban J connectivity index is 2.04. The second-order valence-corrected chi connectivity index (χ2v) is 3.65. The Morgan fingerprint density at radius 1 is 1.50 bits per heavy atom. The number of guanidine groups is 1. The molecule has 5 N–H and O–H groups in total. The topological polar surface area (TPSA) is 124 Å². The number of hydrogen-bond acceptors (Lipinski definition) is 8. The summed E-state index contributed by atoms with van der Waals surface area (Å²) < 4.78 is 5.28. The molecule has 90 valence electrons. The van der Waals surface area contributed by atoms with Gasteiger partial charge in [0.15, 0.2) is 6.23 Å². The van der Waals surface area contributed by atoms with Crippen LogP contribution in [0.4, 0.5) is 0 Å². The highest BCUT2D eigenvalue weighted by Gasteiger charge is 2.44. The summed E-state index contributed by atoms with van der Waals surface area (Å²) in [6.07, 6.45) is -2.41. The molecule has 0 radical (unpaired) electrons. The molecule has 0 aliphatic carbocycles. The van der Waals surface area contributed by atoms with E-state index in [9.17, 15) is 10.2 Å². The summed E-state index contributed by atoms with van der Waals surface area (Å²) in [4.78, 5) is 9.11. The first-order valence-electron chi connectivity index (χ1n) is 4.86. The molecular weight excluding hydrogens is 216 g/mol. The molecule has 16 heavy (non-hydrogen) atoms. The van der Waals surface area contributed by atoms with Gasteiger partial charge >= 0.3 is 0 Å². The molecule has 8 heteroatoms. The van der Waals surface area contributed by atoms with Crippen molar-refractivity contribution < 1.29 is 20.1 Å². The van der Waals surface area contributed by atoms with Crippen molar-refractivity contribution in [3.05, 3.63) is 0 Å². The maximum Gasteiger partial charge on any atom is 0.218 e. The third kappa shape index (κ3) is 1.87. The van der Waals surface area contributed by atoms with E-state index < -0.39 is 24.5 Å². The van der Waals surface area contributed by atoms with Crippen LogP contribution in [0.25, 0.3) is 0 Å². The Hall–Kier alpha value is -1.22. The van der Waals surface area contributed by atoms with Gasteiger partial charge in [0.05, 0.1) is 12.9 Å². The third-order valence-corrected chi connectivity index (χ3v) is 2.58. The molecule has 8 nitrogen and oxygen atoms in total. The number of rotatable bonds is 2. The minimum Gasteiger partial charge on any atom is -0.394 e. The lowest BCUT2D eigenvalue weighted by Crippen LogP contribution is -2.45. The Morgan fingerprint density at radius 3 is 2.75 bits per heavy atom. The number of aliphatic imine (C=N–C) groups is 2. The first-order valence-corrected chi connectivity index (χ1v) is 4.86. The first-order chi connectivity index (χ1) is 7.63. The molecular formula is C8H14N4O4. The summed E-state index contributed by atoms with van der Waals surface area (Å²) in [5.41, 5.74) is 5.34. The highest BCUT2D eigenvalue weighted by molar-refractivity contribution is 5.87. The van der Waals surface area contributed by atoms with Crippen molar-refractivity contribution in [3.63, 3.8) is 0 Å². The highest BCUT2D eigenvalue weighted by Crippen LogP contribution is 2.23. The predicted molar refractivity (Wildman–Crippen MR) is 54.6 cm³/mol. The quantitative estimate of drug-likeness (QED) is 0.402. The van der Waals surface area contributed by atoms with Crippen molar-refractivity contribution in [2.24, 2.45) is 15.7 Å². The lowest BCUT2D eigenvalue weighted by atomic mass is 10.1. The summed E-state index contributed by atoms with van der Waals surface area (Å²) in [7, 11) is 0. The van der Waals surface area contributed by atoms with Crippen molar-refractivity contribution in [1.82, 2.24) is 4.90 Å². The van der Waals surface area contributed by atoms with E-state index in [1.807, 2.05) is 0 Å². The van der Waals surface area contributed by atoms with Gasteiger partial charge in [-0.05, 0) is 0 Å². The standard InChI is InChI=1S/C8H14N4O4/c9-8-10-2-12(3-11-8)7-6(15)5(14)4(1-13)16-7/h2,4-7,13-15H,1,3H2,(H2,9,11). The van der Waals surface area contributed by atoms with E-state index in [-0.39, 0.29) is 19.2 Å². The number of aliphatic hydroxyl groups is 3. The molecule has 1 fully saturated rings. The maximum absolute atomic E-state index is 9.71. The van der Waals surface area contributed by atoms with Gasteiger partial charge in [0.25, 0.3) is 0 Å². The number of nitrogens with zero attached hydrogens (tertiary/aromatic N) is 3. The van der Waals surface area contributed by atoms with Gasteiger partial charge in [-0.25, -0.2) is 9.98 Å². The van der Waals surface area contributed by atoms with Crippen LogP contribution < -0.4 is 5.73 Å². The fourth-order valence-corrected chi connectivity index (χ4v) is 1.66. The summed E-state index contributed by atoms with van der Waals surface area (Å²) in [6, 6.07) is 0. The number of nitrogens with two attached hydrogens (primary N) is 1. The second kappa shape index (κ2) is 4.34. The van der Waals surface area contributed by atoms with Crippen LogP contribution in [-0.4, -0.2) is 70.3 Å². The van der Waals surface area contributed by atoms with E-state index in [1.165, 1.54) is 11.2 Å². The molecule has 2 aliphatic heterocycles. The molecule has 0 aromatic rings. The molecule has 0 aromatic carbocycles. The lowest BCUT2D eigenvalue weighted by molar-refractivity contribution is -0.0693. The lowest BCUT2D eigenvalue weighted by Gasteiger charge is -2.28. The third-order valence-electron chi connectivity index (χ3n) is 2.58. The zero-order valence-electron chi connectivity index (χ0n) is 8.47. The molecule has 0 spiro atoms. The van der Waals surface area contributed by atoms with Crippen LogP contribution in [0.1, 0.15) is 0 Å². The number of ether oxygens (including phenoxy) is 1. The Kier molecular flexibility index (Phi) is 3.06. The molecule has 4 atom stereocenters. The van der Waals surface area contributed by atoms with E-state index >= 15 is 0 Å². The summed E-state index contributed by atoms with van der Waals surface area (Å²) in [6.45, 7) is -0.160. The summed E-state index contributed by atoms with van der Waals surface area (Å²) in [5, 5.41) is 28.2. The van der Waals surface area contributed by atoms with Crippen LogP contribution in [0.3, 0.4) is 0 Å². The smallest absolute Gasteiger partial charge is 0.218 e. The van der Waals surface area contributed by atoms with Crippen LogP contribution in [0.2, 0.25) is 0 Å². The molecule has 2 aliphatic rings. The summed E-state index contributed by atoms with van der Waals surface area (Å²) >= 11 is 0. The van der Waals surface area contributed by atoms with Crippen molar-refractivity contribution in [2.45, 2.75) is 24.5 Å². The highest BCUT2D eigenvalue weighted by atomic mass is 16.6. The molecule has 2 heterocycles. The Morgan fingerprint density at radius 2 is 2.25 bits per heavy atom. The molecule has 0 bridgehead atoms. The minimum absolute atomic E-state index is 0.156. The van der Waals surface area contributed by atoms with Crippen molar-refractivity contribution in [2.75, 3.05) is 13.3 Å². The van der Waals surface area contributed by atoms with Gasteiger partial charge in [-0.3, -0.25) is 0 Å². The van der Waals surface area contributed by atoms with Gasteiger partial charge in [0, 0.05) is 0 Å². The molecule has 4 unspecified atom stereocenters. The van der Waals surface area contributed by atoms with Crippen molar-refractivity contribution in [1.29, 1.82) is 0 Å². The fraction of sp³-hybridized carbons (Fsp3) is 0.750. The summed E-state index contributed by atoms with van der Waals surface area (Å²) in [5.74, 6) is 0.156. The average molecular weight is 230 g/mol. The zero-order valence-corrected chi connectivity index (χ0v) is 8.47. The second-order valence-electron chi connectivity index (χ2n) is 3.65. The molecule has 0 saturated carbocycles. The molecule has 0 aromatic heterocycles. The largest absolute Gasteiger partial charge is 0.394 e. The molecule has 2 rings (SSSR count). The van der Waals surface area contributed by atoms with Gasteiger partial charge in [-0.15, -0.1) is 0 Å². The van der Waals surface area contributed by atoms with Gasteiger partial charge in [0.1, 0.15) is 25.0 Å². The maximum atomic E-state index is 9.71. The van der Waals surface area contributed by atoms with E-state index in [0.717, 1.165) is 0 Å². The van der Waals surface area contributed by atoms with E-state index in [0.29, 0.717) is 0 Å². The van der Waals surface area contributed by atoms with Gasteiger partial charge in [0.2, 0.25) is 5.96 Å². The SMILES string of the molecule is NC1=NCN(C2OC(CO)C(O)C2O)C=N1. The number of hydrogen-bond donors (Lipinski definition) is 4. The van der Waals surface area contributed by atoms with Crippen LogP contribution in [-0.2, 0) is 4.74 Å². The number of aliphatic hydroxyl groups excluding tert-OH is 3. The monoisotopic (exact) mass is 230 g/mol. The fourth-order valence-electron chi connectivity index (χ4n) is 1.66. The first kappa shape index (κ1) is 11.3. The van der Waals surface area contributed by atoms with Gasteiger partial charge in [-0.2, -0.15) is 0 Å². The molecule has 1 saturated heterocycles. The van der Waals surface area contributed by atoms with Crippen LogP contribution in [0.5, 0.6) is 0 Å². The average Bonchev–Trinajstić information content (AvgIpc) is 2.57. The Bertz CT molecular complexity index is 321. The van der Waals surface area contributed by atoms with E-state index in [2.05, 4.69) is 9.98 Å². The zero-order chi connectivity index (χ0) is 11.7. The van der Waals surface area contributed by atoms with Gasteiger partial charge in [-0.1, -0.05) is 0 Å². The van der Waals surface area contributed by atoms with Crippen LogP contribution in [0.15, 0.2) is 9.98 Å². The Labute approximate surface area is 91.7 Å². The van der Waals surface area contributed by atoms with Crippen LogP contribution >= 0.6 is 0 Å². The van der Waals surface area contributed by atoms with Crippen molar-refractivity contribution >= 4 is 12.3 Å². The van der Waals surface area contributed by atoms with Crippen LogP contribution in [0, 0.1) is 0 Å². The van der Waals surface area contributed by atoms with E-state index in [1.54, 1.807) is 0 Å². The minimum atomic E-state index is -1.12. The molecule has 0 amide bonds. The van der Waals surface area contributed by atoms with Crippen molar-refractivity contribution in [3.8, 4) is 0 Å². The normalized spacial score (nSPS) is 38.9. The van der Waals surface area contributed by atoms with E-state index in [4.69, 9.17) is 15.6 Å².